The molecule has 2 saturated carbocycles. The normalized spacial score (nSPS) is 39.8. The van der Waals surface area contributed by atoms with Crippen molar-refractivity contribution in [1.29, 1.82) is 0 Å². The van der Waals surface area contributed by atoms with Crippen LogP contribution in [0.3, 0.4) is 0 Å². The number of aliphatic hydroxyl groups is 3. The van der Waals surface area contributed by atoms with Gasteiger partial charge in [0.05, 0.1) is 25.4 Å². The summed E-state index contributed by atoms with van der Waals surface area (Å²) in [7, 11) is 0. The number of ether oxygens (including phenoxy) is 1. The van der Waals surface area contributed by atoms with Crippen molar-refractivity contribution in [2.75, 3.05) is 13.2 Å². The van der Waals surface area contributed by atoms with Crippen molar-refractivity contribution in [2.24, 2.45) is 22.7 Å². The number of esters is 1. The Morgan fingerprint density at radius 2 is 1.96 bits per heavy atom. The first-order valence-corrected chi connectivity index (χ1v) is 9.98. The van der Waals surface area contributed by atoms with Gasteiger partial charge in [-0.15, -0.1) is 0 Å². The van der Waals surface area contributed by atoms with Crippen LogP contribution in [0.5, 0.6) is 0 Å². The summed E-state index contributed by atoms with van der Waals surface area (Å²) in [5.41, 5.74) is 1.36. The quantitative estimate of drug-likeness (QED) is 0.487. The molecule has 0 aromatic rings. The zero-order valence-corrected chi connectivity index (χ0v) is 17.2. The Bertz CT molecular complexity index is 598. The van der Waals surface area contributed by atoms with Crippen molar-refractivity contribution in [3.8, 4) is 0 Å². The van der Waals surface area contributed by atoms with Crippen LogP contribution < -0.4 is 0 Å². The Kier molecular flexibility index (Phi) is 6.93. The fourth-order valence-corrected chi connectivity index (χ4v) is 5.74. The van der Waals surface area contributed by atoms with Crippen LogP contribution in [0.2, 0.25) is 0 Å². The Balaban J connectivity index is 2.33. The number of rotatable bonds is 6. The van der Waals surface area contributed by atoms with Gasteiger partial charge in [-0.1, -0.05) is 32.1 Å². The molecule has 0 unspecified atom stereocenters. The van der Waals surface area contributed by atoms with Crippen molar-refractivity contribution < 1.29 is 24.9 Å². The van der Waals surface area contributed by atoms with Crippen LogP contribution in [-0.4, -0.2) is 46.7 Å². The number of carbonyl (C=O) groups is 1. The third-order valence-electron chi connectivity index (χ3n) is 7.02. The first kappa shape index (κ1) is 22.1. The van der Waals surface area contributed by atoms with Gasteiger partial charge in [-0.3, -0.25) is 4.79 Å². The molecular weight excluding hydrogens is 344 g/mol. The van der Waals surface area contributed by atoms with Crippen LogP contribution in [0.4, 0.5) is 0 Å². The maximum Gasteiger partial charge on any atom is 0.302 e. The zero-order valence-electron chi connectivity index (χ0n) is 17.2. The highest BCUT2D eigenvalue weighted by atomic mass is 16.5. The standard InChI is InChI=1S/C22H36O5/c1-14(8-9-23)6-7-18-15(2)19(26)10-20-21(4,13-27-16(3)24)11-17(25)12-22(18,20)5/h8,17-20,23,25-26H,2,6-7,9-13H2,1,3-5H3/b14-8-/t17-,18-,19+,20+,21+,22+/m0/s1. The lowest BCUT2D eigenvalue weighted by Crippen LogP contribution is -2.58. The number of hydrogen-bond acceptors (Lipinski definition) is 5. The lowest BCUT2D eigenvalue weighted by Gasteiger charge is -2.60. The van der Waals surface area contributed by atoms with E-state index in [-0.39, 0.29) is 41.8 Å². The highest BCUT2D eigenvalue weighted by Gasteiger charge is 2.58. The van der Waals surface area contributed by atoms with Crippen LogP contribution in [0.15, 0.2) is 23.8 Å². The smallest absolute Gasteiger partial charge is 0.302 e. The van der Waals surface area contributed by atoms with Gasteiger partial charge in [-0.05, 0) is 61.9 Å². The Labute approximate surface area is 163 Å². The van der Waals surface area contributed by atoms with Gasteiger partial charge in [0.25, 0.3) is 0 Å². The second kappa shape index (κ2) is 8.46. The summed E-state index contributed by atoms with van der Waals surface area (Å²) in [4.78, 5) is 11.4. The molecule has 5 heteroatoms. The Hall–Kier alpha value is -1.17. The number of allylic oxidation sites excluding steroid dienone is 1. The van der Waals surface area contributed by atoms with Crippen molar-refractivity contribution >= 4 is 5.97 Å². The molecule has 0 saturated heterocycles. The van der Waals surface area contributed by atoms with Gasteiger partial charge in [-0.25, -0.2) is 0 Å². The van der Waals surface area contributed by atoms with E-state index in [1.807, 2.05) is 13.0 Å². The van der Waals surface area contributed by atoms with E-state index in [0.717, 1.165) is 24.0 Å². The van der Waals surface area contributed by atoms with Crippen LogP contribution in [-0.2, 0) is 9.53 Å². The van der Waals surface area contributed by atoms with Gasteiger partial charge in [0.1, 0.15) is 0 Å². The molecule has 0 radical (unpaired) electrons. The summed E-state index contributed by atoms with van der Waals surface area (Å²) in [6.45, 7) is 12.1. The largest absolute Gasteiger partial charge is 0.465 e. The molecule has 0 spiro atoms. The first-order valence-electron chi connectivity index (χ1n) is 9.98. The van der Waals surface area contributed by atoms with E-state index in [1.165, 1.54) is 6.92 Å². The third-order valence-corrected chi connectivity index (χ3v) is 7.02. The number of hydrogen-bond donors (Lipinski definition) is 3. The zero-order chi connectivity index (χ0) is 20.4. The molecule has 27 heavy (non-hydrogen) atoms. The summed E-state index contributed by atoms with van der Waals surface area (Å²) < 4.78 is 5.36. The fourth-order valence-electron chi connectivity index (χ4n) is 5.74. The van der Waals surface area contributed by atoms with Crippen LogP contribution in [0.25, 0.3) is 0 Å². The van der Waals surface area contributed by atoms with E-state index in [0.29, 0.717) is 19.3 Å². The van der Waals surface area contributed by atoms with Crippen LogP contribution >= 0.6 is 0 Å². The Morgan fingerprint density at radius 3 is 2.56 bits per heavy atom. The number of aliphatic hydroxyl groups excluding tert-OH is 3. The molecule has 2 rings (SSSR count). The molecule has 0 bridgehead atoms. The molecule has 0 aromatic heterocycles. The number of fused-ring (bicyclic) bond motifs is 1. The van der Waals surface area contributed by atoms with Gasteiger partial charge in [0.15, 0.2) is 0 Å². The van der Waals surface area contributed by atoms with Gasteiger partial charge in [-0.2, -0.15) is 0 Å². The highest BCUT2D eigenvalue weighted by Crippen LogP contribution is 2.62. The van der Waals surface area contributed by atoms with Crippen molar-refractivity contribution in [1.82, 2.24) is 0 Å². The lowest BCUT2D eigenvalue weighted by atomic mass is 9.45. The predicted molar refractivity (Wildman–Crippen MR) is 105 cm³/mol. The maximum absolute atomic E-state index is 11.4. The molecule has 3 N–H and O–H groups in total. The van der Waals surface area contributed by atoms with Crippen LogP contribution in [0.1, 0.15) is 59.8 Å². The topological polar surface area (TPSA) is 87.0 Å². The van der Waals surface area contributed by atoms with E-state index < -0.39 is 12.2 Å². The van der Waals surface area contributed by atoms with Gasteiger partial charge < -0.3 is 20.1 Å². The molecule has 0 aromatic carbocycles. The summed E-state index contributed by atoms with van der Waals surface area (Å²) in [5, 5.41) is 30.5. The maximum atomic E-state index is 11.4. The lowest BCUT2D eigenvalue weighted by molar-refractivity contribution is -0.167. The minimum atomic E-state index is -0.581. The molecular formula is C22H36O5. The Morgan fingerprint density at radius 1 is 1.30 bits per heavy atom. The number of carbonyl (C=O) groups excluding carboxylic acids is 1. The van der Waals surface area contributed by atoms with Crippen molar-refractivity contribution in [2.45, 2.75) is 72.0 Å². The average molecular weight is 381 g/mol. The molecule has 0 amide bonds. The van der Waals surface area contributed by atoms with Gasteiger partial charge in [0, 0.05) is 12.3 Å². The second-order valence-corrected chi connectivity index (χ2v) is 9.21. The predicted octanol–water partition coefficient (Wildman–Crippen LogP) is 2.99. The van der Waals surface area contributed by atoms with E-state index in [4.69, 9.17) is 9.84 Å². The molecule has 2 aliphatic carbocycles. The third kappa shape index (κ3) is 4.64. The van der Waals surface area contributed by atoms with Crippen LogP contribution in [0, 0.1) is 22.7 Å². The van der Waals surface area contributed by atoms with Crippen molar-refractivity contribution in [3.63, 3.8) is 0 Å². The van der Waals surface area contributed by atoms with Crippen molar-refractivity contribution in [3.05, 3.63) is 23.8 Å². The molecule has 5 nitrogen and oxygen atoms in total. The SMILES string of the molecule is C=C1[C@H](O)C[C@@H]2[C@@](C)(COC(C)=O)C[C@H](O)C[C@]2(C)[C@H]1CC/C(C)=C\CO. The minimum Gasteiger partial charge on any atom is -0.465 e. The van der Waals surface area contributed by atoms with E-state index in [1.54, 1.807) is 0 Å². The van der Waals surface area contributed by atoms with E-state index in [9.17, 15) is 15.0 Å². The fraction of sp³-hybridized carbons (Fsp3) is 0.773. The summed E-state index contributed by atoms with van der Waals surface area (Å²) in [5.74, 6) is -0.125. The second-order valence-electron chi connectivity index (χ2n) is 9.21. The monoisotopic (exact) mass is 380 g/mol. The van der Waals surface area contributed by atoms with E-state index in [2.05, 4.69) is 20.4 Å². The van der Waals surface area contributed by atoms with E-state index >= 15 is 0 Å². The molecule has 6 atom stereocenters. The van der Waals surface area contributed by atoms with Gasteiger partial charge >= 0.3 is 5.97 Å². The summed E-state index contributed by atoms with van der Waals surface area (Å²) in [6, 6.07) is 0. The summed E-state index contributed by atoms with van der Waals surface area (Å²) >= 11 is 0. The molecule has 154 valence electrons. The minimum absolute atomic E-state index is 0.0269. The molecule has 0 aliphatic heterocycles. The van der Waals surface area contributed by atoms with Gasteiger partial charge in [0.2, 0.25) is 0 Å². The summed E-state index contributed by atoms with van der Waals surface area (Å²) in [6.07, 6.45) is 4.21. The molecule has 0 heterocycles. The average Bonchev–Trinajstić information content (AvgIpc) is 2.55. The first-order chi connectivity index (χ1) is 12.5. The molecule has 2 fully saturated rings. The molecule has 2 aliphatic rings. The highest BCUT2D eigenvalue weighted by molar-refractivity contribution is 5.65.